The van der Waals surface area contributed by atoms with E-state index >= 15 is 0 Å². The van der Waals surface area contributed by atoms with Crippen LogP contribution in [0.3, 0.4) is 0 Å². The van der Waals surface area contributed by atoms with E-state index in [4.69, 9.17) is 0 Å². The molecule has 0 spiro atoms. The molecule has 0 aromatic heterocycles. The van der Waals surface area contributed by atoms with Crippen molar-refractivity contribution in [1.29, 1.82) is 0 Å². The van der Waals surface area contributed by atoms with Gasteiger partial charge in [-0.25, -0.2) is 8.42 Å². The lowest BCUT2D eigenvalue weighted by Gasteiger charge is -2.27. The summed E-state index contributed by atoms with van der Waals surface area (Å²) in [6, 6.07) is 14.2. The Bertz CT molecular complexity index is 903. The van der Waals surface area contributed by atoms with Gasteiger partial charge < -0.3 is 10.6 Å². The van der Waals surface area contributed by atoms with Gasteiger partial charge in [0.1, 0.15) is 0 Å². The van der Waals surface area contributed by atoms with E-state index in [2.05, 4.69) is 26.6 Å². The van der Waals surface area contributed by atoms with Crippen LogP contribution in [0.5, 0.6) is 0 Å². The second-order valence-corrected chi connectivity index (χ2v) is 9.07. The SMILES string of the molecule is CS(=O)(=O)N1Cc2cc(Br)ccc2NCC1CNC(=O)c1ccccc1. The highest BCUT2D eigenvalue weighted by Gasteiger charge is 2.30. The third-order valence-electron chi connectivity index (χ3n) is 4.29. The standard InChI is InChI=1S/C18H20BrN3O3S/c1-26(24,25)22-12-14-9-15(19)7-8-17(14)20-10-16(22)11-21-18(23)13-5-3-2-4-6-13/h2-9,16,20H,10-12H2,1H3,(H,21,23). The summed E-state index contributed by atoms with van der Waals surface area (Å²) in [5.74, 6) is -0.219. The summed E-state index contributed by atoms with van der Waals surface area (Å²) in [6.45, 7) is 0.895. The number of benzene rings is 2. The second kappa shape index (κ2) is 7.77. The van der Waals surface area contributed by atoms with Gasteiger partial charge in [0.25, 0.3) is 5.91 Å². The fraction of sp³-hybridized carbons (Fsp3) is 0.278. The molecule has 3 rings (SSSR count). The third-order valence-corrected chi connectivity index (χ3v) is 6.06. The van der Waals surface area contributed by atoms with Crippen molar-refractivity contribution in [2.45, 2.75) is 12.6 Å². The molecule has 1 aliphatic rings. The van der Waals surface area contributed by atoms with Crippen molar-refractivity contribution in [2.75, 3.05) is 24.7 Å². The number of hydrogen-bond donors (Lipinski definition) is 2. The predicted octanol–water partition coefficient (Wildman–Crippen LogP) is 2.43. The average Bonchev–Trinajstić information content (AvgIpc) is 2.79. The molecule has 0 fully saturated rings. The molecule has 8 heteroatoms. The molecule has 1 atom stereocenters. The first-order valence-electron chi connectivity index (χ1n) is 8.17. The quantitative estimate of drug-likeness (QED) is 0.769. The molecule has 2 N–H and O–H groups in total. The minimum atomic E-state index is -3.44. The van der Waals surface area contributed by atoms with Crippen molar-refractivity contribution in [3.63, 3.8) is 0 Å². The molecule has 1 aliphatic heterocycles. The number of anilines is 1. The summed E-state index contributed by atoms with van der Waals surface area (Å²) in [6.07, 6.45) is 1.20. The van der Waals surface area contributed by atoms with Crippen LogP contribution in [0.15, 0.2) is 53.0 Å². The number of carbonyl (C=O) groups is 1. The van der Waals surface area contributed by atoms with Gasteiger partial charge in [-0.3, -0.25) is 4.79 Å². The Morgan fingerprint density at radius 2 is 2.00 bits per heavy atom. The fourth-order valence-electron chi connectivity index (χ4n) is 2.96. The summed E-state index contributed by atoms with van der Waals surface area (Å²) in [5, 5.41) is 6.13. The number of sulfonamides is 1. The van der Waals surface area contributed by atoms with Crippen molar-refractivity contribution in [3.8, 4) is 0 Å². The van der Waals surface area contributed by atoms with Crippen LogP contribution < -0.4 is 10.6 Å². The summed E-state index contributed by atoms with van der Waals surface area (Å²) in [7, 11) is -3.44. The summed E-state index contributed by atoms with van der Waals surface area (Å²) < 4.78 is 27.0. The molecule has 6 nitrogen and oxygen atoms in total. The van der Waals surface area contributed by atoms with E-state index in [0.717, 1.165) is 15.7 Å². The maximum atomic E-state index is 12.3. The van der Waals surface area contributed by atoms with Crippen LogP contribution >= 0.6 is 15.9 Å². The molecule has 1 unspecified atom stereocenters. The zero-order chi connectivity index (χ0) is 18.7. The zero-order valence-electron chi connectivity index (χ0n) is 14.3. The van der Waals surface area contributed by atoms with Gasteiger partial charge in [0.05, 0.1) is 12.3 Å². The molecular formula is C18H20BrN3O3S. The van der Waals surface area contributed by atoms with E-state index in [1.807, 2.05) is 24.3 Å². The lowest BCUT2D eigenvalue weighted by Crippen LogP contribution is -2.48. The molecule has 138 valence electrons. The maximum absolute atomic E-state index is 12.3. The molecule has 2 aromatic rings. The number of hydrogen-bond acceptors (Lipinski definition) is 4. The monoisotopic (exact) mass is 437 g/mol. The van der Waals surface area contributed by atoms with Crippen LogP contribution in [0.1, 0.15) is 15.9 Å². The first kappa shape index (κ1) is 18.9. The van der Waals surface area contributed by atoms with E-state index in [1.54, 1.807) is 24.3 Å². The highest BCUT2D eigenvalue weighted by atomic mass is 79.9. The van der Waals surface area contributed by atoms with E-state index in [0.29, 0.717) is 12.1 Å². The number of fused-ring (bicyclic) bond motifs is 1. The minimum absolute atomic E-state index is 0.219. The van der Waals surface area contributed by atoms with Gasteiger partial charge in [0, 0.05) is 35.4 Å². The molecule has 0 saturated heterocycles. The molecule has 0 saturated carbocycles. The fourth-order valence-corrected chi connectivity index (χ4v) is 4.43. The van der Waals surface area contributed by atoms with Gasteiger partial charge in [-0.15, -0.1) is 0 Å². The maximum Gasteiger partial charge on any atom is 0.251 e. The molecule has 0 aliphatic carbocycles. The number of amides is 1. The Balaban J connectivity index is 1.78. The topological polar surface area (TPSA) is 78.5 Å². The van der Waals surface area contributed by atoms with Crippen LogP contribution in [0, 0.1) is 0 Å². The summed E-state index contributed by atoms with van der Waals surface area (Å²) in [5.41, 5.74) is 2.34. The number of halogens is 1. The molecule has 2 aromatic carbocycles. The van der Waals surface area contributed by atoms with Crippen LogP contribution in [0.2, 0.25) is 0 Å². The van der Waals surface area contributed by atoms with E-state index in [1.165, 1.54) is 10.6 Å². The number of nitrogens with one attached hydrogen (secondary N) is 2. The van der Waals surface area contributed by atoms with Gasteiger partial charge in [-0.1, -0.05) is 34.1 Å². The minimum Gasteiger partial charge on any atom is -0.383 e. The molecule has 1 amide bonds. The van der Waals surface area contributed by atoms with Crippen LogP contribution in [-0.2, 0) is 16.6 Å². The summed E-state index contributed by atoms with van der Waals surface area (Å²) in [4.78, 5) is 12.3. The van der Waals surface area contributed by atoms with Gasteiger partial charge in [-0.05, 0) is 35.9 Å². The highest BCUT2D eigenvalue weighted by molar-refractivity contribution is 9.10. The molecular weight excluding hydrogens is 418 g/mol. The first-order chi connectivity index (χ1) is 12.3. The van der Waals surface area contributed by atoms with Crippen LogP contribution in [-0.4, -0.2) is 44.0 Å². The van der Waals surface area contributed by atoms with Crippen molar-refractivity contribution >= 4 is 37.5 Å². The third kappa shape index (κ3) is 4.44. The Labute approximate surface area is 161 Å². The van der Waals surface area contributed by atoms with E-state index in [9.17, 15) is 13.2 Å². The summed E-state index contributed by atoms with van der Waals surface area (Å²) >= 11 is 3.42. The predicted molar refractivity (Wildman–Crippen MR) is 106 cm³/mol. The van der Waals surface area contributed by atoms with Gasteiger partial charge in [-0.2, -0.15) is 4.31 Å². The molecule has 0 radical (unpaired) electrons. The normalized spacial score (nSPS) is 17.7. The number of nitrogens with zero attached hydrogens (tertiary/aromatic N) is 1. The zero-order valence-corrected chi connectivity index (χ0v) is 16.7. The Morgan fingerprint density at radius 1 is 1.27 bits per heavy atom. The van der Waals surface area contributed by atoms with E-state index in [-0.39, 0.29) is 25.0 Å². The number of rotatable bonds is 4. The van der Waals surface area contributed by atoms with Gasteiger partial charge >= 0.3 is 0 Å². The van der Waals surface area contributed by atoms with Gasteiger partial charge in [0.2, 0.25) is 10.0 Å². The molecule has 1 heterocycles. The molecule has 26 heavy (non-hydrogen) atoms. The highest BCUT2D eigenvalue weighted by Crippen LogP contribution is 2.27. The van der Waals surface area contributed by atoms with Gasteiger partial charge in [0.15, 0.2) is 0 Å². The second-order valence-electron chi connectivity index (χ2n) is 6.22. The van der Waals surface area contributed by atoms with Crippen LogP contribution in [0.25, 0.3) is 0 Å². The Morgan fingerprint density at radius 3 is 2.69 bits per heavy atom. The molecule has 0 bridgehead atoms. The van der Waals surface area contributed by atoms with Crippen molar-refractivity contribution in [3.05, 3.63) is 64.1 Å². The largest absolute Gasteiger partial charge is 0.383 e. The first-order valence-corrected chi connectivity index (χ1v) is 10.8. The van der Waals surface area contributed by atoms with E-state index < -0.39 is 10.0 Å². The smallest absolute Gasteiger partial charge is 0.251 e. The number of carbonyl (C=O) groups excluding carboxylic acids is 1. The Kier molecular flexibility index (Phi) is 5.64. The van der Waals surface area contributed by atoms with Crippen molar-refractivity contribution in [2.24, 2.45) is 0 Å². The Hall–Kier alpha value is -1.90. The lowest BCUT2D eigenvalue weighted by atomic mass is 10.2. The van der Waals surface area contributed by atoms with Crippen molar-refractivity contribution < 1.29 is 13.2 Å². The van der Waals surface area contributed by atoms with Crippen LogP contribution in [0.4, 0.5) is 5.69 Å². The van der Waals surface area contributed by atoms with Crippen molar-refractivity contribution in [1.82, 2.24) is 9.62 Å². The average molecular weight is 438 g/mol. The lowest BCUT2D eigenvalue weighted by molar-refractivity contribution is 0.0945.